The Morgan fingerprint density at radius 3 is 3.06 bits per heavy atom. The zero-order valence-electron chi connectivity index (χ0n) is 9.84. The van der Waals surface area contributed by atoms with Gasteiger partial charge in [-0.15, -0.1) is 0 Å². The standard InChI is InChI=1S/C11H15N5O/c1-8(7-12-2)11(17)15-10-3-5-13-9-4-6-14-16(9)10/h3-6,8,12H,7H2,1-2H3,(H,15,17). The van der Waals surface area contributed by atoms with Gasteiger partial charge in [-0.05, 0) is 13.1 Å². The Kier molecular flexibility index (Phi) is 3.34. The van der Waals surface area contributed by atoms with Gasteiger partial charge in [-0.2, -0.15) is 9.61 Å². The molecule has 1 atom stereocenters. The van der Waals surface area contributed by atoms with Crippen LogP contribution in [0.4, 0.5) is 5.82 Å². The number of amides is 1. The lowest BCUT2D eigenvalue weighted by atomic mass is 10.1. The third-order valence-corrected chi connectivity index (χ3v) is 2.50. The van der Waals surface area contributed by atoms with Crippen LogP contribution >= 0.6 is 0 Å². The Morgan fingerprint density at radius 1 is 1.47 bits per heavy atom. The normalized spacial score (nSPS) is 12.6. The Bertz CT molecular complexity index is 521. The van der Waals surface area contributed by atoms with Crippen molar-refractivity contribution in [2.45, 2.75) is 6.92 Å². The average molecular weight is 233 g/mol. The van der Waals surface area contributed by atoms with Crippen molar-refractivity contribution in [3.8, 4) is 0 Å². The highest BCUT2D eigenvalue weighted by atomic mass is 16.2. The summed E-state index contributed by atoms with van der Waals surface area (Å²) in [4.78, 5) is 16.0. The molecule has 2 N–H and O–H groups in total. The van der Waals surface area contributed by atoms with Gasteiger partial charge in [-0.1, -0.05) is 6.92 Å². The quantitative estimate of drug-likeness (QED) is 0.807. The van der Waals surface area contributed by atoms with Crippen LogP contribution < -0.4 is 10.6 Å². The summed E-state index contributed by atoms with van der Waals surface area (Å²) in [6.45, 7) is 2.51. The lowest BCUT2D eigenvalue weighted by Gasteiger charge is -2.12. The molecule has 0 saturated carbocycles. The first-order valence-electron chi connectivity index (χ1n) is 5.46. The third-order valence-electron chi connectivity index (χ3n) is 2.50. The minimum Gasteiger partial charge on any atom is -0.319 e. The van der Waals surface area contributed by atoms with Crippen molar-refractivity contribution in [3.63, 3.8) is 0 Å². The molecular formula is C11H15N5O. The van der Waals surface area contributed by atoms with E-state index in [1.807, 2.05) is 14.0 Å². The van der Waals surface area contributed by atoms with Crippen LogP contribution in [0.15, 0.2) is 24.5 Å². The molecule has 2 heterocycles. The minimum absolute atomic E-state index is 0.0395. The molecule has 0 aromatic carbocycles. The second kappa shape index (κ2) is 4.92. The van der Waals surface area contributed by atoms with Crippen molar-refractivity contribution < 1.29 is 4.79 Å². The second-order valence-electron chi connectivity index (χ2n) is 3.88. The van der Waals surface area contributed by atoms with Gasteiger partial charge < -0.3 is 10.6 Å². The van der Waals surface area contributed by atoms with Gasteiger partial charge in [0.15, 0.2) is 5.65 Å². The molecule has 0 bridgehead atoms. The molecule has 0 saturated heterocycles. The Hall–Kier alpha value is -1.95. The SMILES string of the molecule is CNCC(C)C(=O)Nc1ccnc2ccnn12. The van der Waals surface area contributed by atoms with Gasteiger partial charge in [-0.3, -0.25) is 4.79 Å². The monoisotopic (exact) mass is 233 g/mol. The van der Waals surface area contributed by atoms with E-state index < -0.39 is 0 Å². The van der Waals surface area contributed by atoms with E-state index in [1.165, 1.54) is 0 Å². The smallest absolute Gasteiger partial charge is 0.229 e. The van der Waals surface area contributed by atoms with E-state index in [-0.39, 0.29) is 11.8 Å². The highest BCUT2D eigenvalue weighted by Crippen LogP contribution is 2.09. The van der Waals surface area contributed by atoms with Gasteiger partial charge in [0, 0.05) is 24.7 Å². The molecule has 17 heavy (non-hydrogen) atoms. The minimum atomic E-state index is -0.0984. The van der Waals surface area contributed by atoms with E-state index in [2.05, 4.69) is 20.7 Å². The molecule has 1 unspecified atom stereocenters. The molecule has 0 spiro atoms. The zero-order chi connectivity index (χ0) is 12.3. The number of hydrogen-bond acceptors (Lipinski definition) is 4. The summed E-state index contributed by atoms with van der Waals surface area (Å²) in [7, 11) is 1.82. The lowest BCUT2D eigenvalue weighted by Crippen LogP contribution is -2.29. The molecule has 0 fully saturated rings. The fraction of sp³-hybridized carbons (Fsp3) is 0.364. The van der Waals surface area contributed by atoms with Crippen LogP contribution in [0.2, 0.25) is 0 Å². The average Bonchev–Trinajstić information content (AvgIpc) is 2.78. The van der Waals surface area contributed by atoms with Crippen molar-refractivity contribution in [2.24, 2.45) is 5.92 Å². The maximum absolute atomic E-state index is 11.9. The van der Waals surface area contributed by atoms with Crippen molar-refractivity contribution in [1.29, 1.82) is 0 Å². The van der Waals surface area contributed by atoms with E-state index >= 15 is 0 Å². The van der Waals surface area contributed by atoms with Crippen molar-refractivity contribution in [3.05, 3.63) is 24.5 Å². The van der Waals surface area contributed by atoms with Crippen molar-refractivity contribution >= 4 is 17.4 Å². The number of fused-ring (bicyclic) bond motifs is 1. The Balaban J connectivity index is 2.18. The predicted molar refractivity (Wildman–Crippen MR) is 64.7 cm³/mol. The van der Waals surface area contributed by atoms with E-state index in [4.69, 9.17) is 0 Å². The van der Waals surface area contributed by atoms with Gasteiger partial charge >= 0.3 is 0 Å². The predicted octanol–water partition coefficient (Wildman–Crippen LogP) is 0.523. The van der Waals surface area contributed by atoms with Crippen LogP contribution in [-0.2, 0) is 4.79 Å². The summed E-state index contributed by atoms with van der Waals surface area (Å²) in [6.07, 6.45) is 3.30. The number of nitrogens with one attached hydrogen (secondary N) is 2. The fourth-order valence-electron chi connectivity index (χ4n) is 1.58. The number of aromatic nitrogens is 3. The van der Waals surface area contributed by atoms with Crippen molar-refractivity contribution in [1.82, 2.24) is 19.9 Å². The number of carbonyl (C=O) groups excluding carboxylic acids is 1. The van der Waals surface area contributed by atoms with Gasteiger partial charge in [0.25, 0.3) is 0 Å². The maximum atomic E-state index is 11.9. The summed E-state index contributed by atoms with van der Waals surface area (Å²) >= 11 is 0. The zero-order valence-corrected chi connectivity index (χ0v) is 9.84. The molecular weight excluding hydrogens is 218 g/mol. The molecule has 0 radical (unpaired) electrons. The molecule has 90 valence electrons. The van der Waals surface area contributed by atoms with E-state index in [1.54, 1.807) is 29.0 Å². The lowest BCUT2D eigenvalue weighted by molar-refractivity contribution is -0.119. The summed E-state index contributed by atoms with van der Waals surface area (Å²) in [5, 5.41) is 9.91. The van der Waals surface area contributed by atoms with Crippen LogP contribution in [0.5, 0.6) is 0 Å². The third kappa shape index (κ3) is 2.42. The van der Waals surface area contributed by atoms with Crippen LogP contribution in [0.1, 0.15) is 6.92 Å². The Morgan fingerprint density at radius 2 is 2.29 bits per heavy atom. The second-order valence-corrected chi connectivity index (χ2v) is 3.88. The first-order valence-corrected chi connectivity index (χ1v) is 5.46. The molecule has 2 aromatic rings. The fourth-order valence-corrected chi connectivity index (χ4v) is 1.58. The summed E-state index contributed by atoms with van der Waals surface area (Å²) in [5.41, 5.74) is 0.712. The molecule has 0 aliphatic carbocycles. The number of nitrogens with zero attached hydrogens (tertiary/aromatic N) is 3. The molecule has 6 heteroatoms. The van der Waals surface area contributed by atoms with Gasteiger partial charge in [0.1, 0.15) is 5.82 Å². The topological polar surface area (TPSA) is 71.3 Å². The van der Waals surface area contributed by atoms with Crippen LogP contribution in [0.3, 0.4) is 0 Å². The summed E-state index contributed by atoms with van der Waals surface area (Å²) < 4.78 is 1.60. The van der Waals surface area contributed by atoms with Gasteiger partial charge in [0.2, 0.25) is 5.91 Å². The maximum Gasteiger partial charge on any atom is 0.229 e. The number of hydrogen-bond donors (Lipinski definition) is 2. The van der Waals surface area contributed by atoms with Crippen molar-refractivity contribution in [2.75, 3.05) is 18.9 Å². The van der Waals surface area contributed by atoms with E-state index in [9.17, 15) is 4.79 Å². The largest absolute Gasteiger partial charge is 0.319 e. The number of rotatable bonds is 4. The van der Waals surface area contributed by atoms with Crippen LogP contribution in [0, 0.1) is 5.92 Å². The Labute approximate surface area is 99.0 Å². The molecule has 1 amide bonds. The van der Waals surface area contributed by atoms with E-state index in [0.29, 0.717) is 18.0 Å². The van der Waals surface area contributed by atoms with Gasteiger partial charge in [-0.25, -0.2) is 4.98 Å². The first kappa shape index (κ1) is 11.5. The highest BCUT2D eigenvalue weighted by molar-refractivity contribution is 5.91. The highest BCUT2D eigenvalue weighted by Gasteiger charge is 2.13. The molecule has 2 rings (SSSR count). The molecule has 6 nitrogen and oxygen atoms in total. The first-order chi connectivity index (χ1) is 8.22. The van der Waals surface area contributed by atoms with Crippen LogP contribution in [0.25, 0.3) is 5.65 Å². The number of carbonyl (C=O) groups is 1. The molecule has 2 aromatic heterocycles. The van der Waals surface area contributed by atoms with E-state index in [0.717, 1.165) is 0 Å². The van der Waals surface area contributed by atoms with Crippen LogP contribution in [-0.4, -0.2) is 34.1 Å². The van der Waals surface area contributed by atoms with Gasteiger partial charge in [0.05, 0.1) is 6.20 Å². The number of anilines is 1. The summed E-state index contributed by atoms with van der Waals surface area (Å²) in [5.74, 6) is 0.495. The summed E-state index contributed by atoms with van der Waals surface area (Å²) in [6, 6.07) is 3.51. The molecule has 0 aliphatic rings. The molecule has 0 aliphatic heterocycles.